The second-order valence-electron chi connectivity index (χ2n) is 0. The molecule has 0 saturated carbocycles. The first-order valence-electron chi connectivity index (χ1n) is 0. The fraction of sp³-hybridized carbons (Fsp3) is 0. The van der Waals surface area contributed by atoms with E-state index in [1.807, 2.05) is 0 Å². The van der Waals surface area contributed by atoms with Crippen LogP contribution < -0.4 is 29.6 Å². The van der Waals surface area contributed by atoms with Crippen LogP contribution in [0.5, 0.6) is 0 Å². The van der Waals surface area contributed by atoms with Crippen LogP contribution in [0.3, 0.4) is 0 Å². The molecule has 0 aromatic heterocycles. The van der Waals surface area contributed by atoms with Crippen molar-refractivity contribution in [2.24, 2.45) is 0 Å². The summed E-state index contributed by atoms with van der Waals surface area (Å²) in [5, 5.41) is 0. The van der Waals surface area contributed by atoms with E-state index in [-0.39, 0.29) is 52.9 Å². The van der Waals surface area contributed by atoms with Gasteiger partial charge >= 0.3 is 42.0 Å². The molecule has 0 atom stereocenters. The normalized spacial score (nSPS) is 0. The summed E-state index contributed by atoms with van der Waals surface area (Å²) in [5.41, 5.74) is 0. The first kappa shape index (κ1) is 63.1. The third-order valence-corrected chi connectivity index (χ3v) is 0. The van der Waals surface area contributed by atoms with E-state index in [0.29, 0.717) is 0 Å². The smallest absolute Gasteiger partial charge is 0.870 e. The van der Waals surface area contributed by atoms with E-state index < -0.39 is 0 Å². The fourth-order valence-corrected chi connectivity index (χ4v) is 0. The van der Waals surface area contributed by atoms with Gasteiger partial charge in [-0.25, -0.2) is 0 Å². The Bertz CT molecular complexity index is 6.00. The van der Waals surface area contributed by atoms with Gasteiger partial charge in [0.25, 0.3) is 0 Å². The number of halogens is 1. The molecule has 0 saturated heterocycles. The molecule has 2 nitrogen and oxygen atoms in total. The Morgan fingerprint density at radius 2 is 0.750 bits per heavy atom. The topological polar surface area (TPSA) is 60.0 Å². The van der Waals surface area contributed by atoms with E-state index in [2.05, 4.69) is 0 Å². The van der Waals surface area contributed by atoms with Crippen LogP contribution in [0.2, 0.25) is 0 Å². The van der Waals surface area contributed by atoms with Gasteiger partial charge in [-0.05, 0) is 0 Å². The van der Waals surface area contributed by atoms with E-state index in [0.717, 1.165) is 0 Å². The molecule has 0 unspecified atom stereocenters. The maximum atomic E-state index is 0. The average Bonchev–Trinajstić information content (AvgIpc) is 0. The van der Waals surface area contributed by atoms with E-state index in [1.165, 1.54) is 0 Å². The number of hydrogen-bond donors (Lipinski definition) is 0. The molecule has 0 rings (SSSR count). The Balaban J connectivity index is 0. The molecule has 2 N–H and O–H groups in total. The molecule has 4 heteroatoms. The van der Waals surface area contributed by atoms with E-state index in [4.69, 9.17) is 0 Å². The second-order valence-corrected chi connectivity index (χ2v) is 0. The first-order valence-corrected chi connectivity index (χ1v) is 0. The van der Waals surface area contributed by atoms with Crippen LogP contribution in [0.25, 0.3) is 0 Å². The van der Waals surface area contributed by atoms with Crippen molar-refractivity contribution in [2.75, 3.05) is 0 Å². The molecule has 0 spiro atoms. The third-order valence-electron chi connectivity index (χ3n) is 0. The standard InChI is InChI=1S/Cl.Na.2H2O/h;;2*1H2/q2*+1;;/p-2. The van der Waals surface area contributed by atoms with Crippen molar-refractivity contribution in [3.05, 3.63) is 0 Å². The van der Waals surface area contributed by atoms with Crippen LogP contribution in [-0.2, 0) is 0 Å². The maximum Gasteiger partial charge on any atom is 1.00 e. The third kappa shape index (κ3) is 10.7. The number of rotatable bonds is 0. The first-order chi connectivity index (χ1) is 0. The van der Waals surface area contributed by atoms with Crippen molar-refractivity contribution in [2.45, 2.75) is 0 Å². The number of hydrogen-bond acceptors (Lipinski definition) is 2. The van der Waals surface area contributed by atoms with Crippen molar-refractivity contribution in [1.29, 1.82) is 0 Å². The van der Waals surface area contributed by atoms with Crippen molar-refractivity contribution in [3.63, 3.8) is 0 Å². The largest absolute Gasteiger partial charge is 1.00 e. The zero-order valence-corrected chi connectivity index (χ0v) is 5.03. The summed E-state index contributed by atoms with van der Waals surface area (Å²) >= 11 is 0. The minimum atomic E-state index is 0. The SMILES string of the molecule is [Cl+].[Na+].[OH-].[OH-]. The monoisotopic (exact) mass is 92.0 g/mol. The van der Waals surface area contributed by atoms with Crippen molar-refractivity contribution >= 4 is 0 Å². The van der Waals surface area contributed by atoms with Crippen LogP contribution in [0.1, 0.15) is 0 Å². The van der Waals surface area contributed by atoms with Gasteiger partial charge in [-0.2, -0.15) is 0 Å². The quantitative estimate of drug-likeness (QED) is 0.293. The summed E-state index contributed by atoms with van der Waals surface area (Å²) in [5.74, 6) is 0. The van der Waals surface area contributed by atoms with Crippen LogP contribution in [0, 0.1) is 12.4 Å². The van der Waals surface area contributed by atoms with Crippen LogP contribution in [0.4, 0.5) is 0 Å². The van der Waals surface area contributed by atoms with E-state index in [9.17, 15) is 0 Å². The van der Waals surface area contributed by atoms with Crippen molar-refractivity contribution in [3.8, 4) is 0 Å². The summed E-state index contributed by atoms with van der Waals surface area (Å²) in [6.45, 7) is 0. The maximum absolute atomic E-state index is 0. The van der Waals surface area contributed by atoms with E-state index in [1.54, 1.807) is 0 Å². The summed E-state index contributed by atoms with van der Waals surface area (Å²) in [7, 11) is 0. The minimum Gasteiger partial charge on any atom is -0.870 e. The molecule has 0 amide bonds. The Morgan fingerprint density at radius 1 is 0.750 bits per heavy atom. The van der Waals surface area contributed by atoms with Gasteiger partial charge in [0.2, 0.25) is 0 Å². The molecule has 0 aliphatic rings. The zero-order chi connectivity index (χ0) is 0. The second kappa shape index (κ2) is 29.6. The summed E-state index contributed by atoms with van der Waals surface area (Å²) < 4.78 is 0. The van der Waals surface area contributed by atoms with Gasteiger partial charge in [-0.15, -0.1) is 0 Å². The molecule has 0 bridgehead atoms. The minimum absolute atomic E-state index is 0. The molecular formula is H2ClNaO2. The van der Waals surface area contributed by atoms with Crippen LogP contribution in [0.15, 0.2) is 0 Å². The molecule has 0 aliphatic heterocycles. The summed E-state index contributed by atoms with van der Waals surface area (Å²) in [4.78, 5) is 0. The molecule has 0 aliphatic carbocycles. The van der Waals surface area contributed by atoms with Gasteiger partial charge in [0, 0.05) is 0 Å². The van der Waals surface area contributed by atoms with Crippen molar-refractivity contribution < 1.29 is 52.9 Å². The Labute approximate surface area is 52.9 Å². The molecule has 22 valence electrons. The van der Waals surface area contributed by atoms with Gasteiger partial charge in [0.05, 0.1) is 0 Å². The molecular weight excluding hydrogens is 90.4 g/mol. The summed E-state index contributed by atoms with van der Waals surface area (Å²) in [6, 6.07) is 0. The Kier molecular flexibility index (Phi) is 467. The Hall–Kier alpha value is 1.21. The van der Waals surface area contributed by atoms with Gasteiger partial charge in [-0.3, -0.25) is 0 Å². The summed E-state index contributed by atoms with van der Waals surface area (Å²) in [6.07, 6.45) is 0. The fourth-order valence-electron chi connectivity index (χ4n) is 0. The molecule has 4 heavy (non-hydrogen) atoms. The van der Waals surface area contributed by atoms with E-state index >= 15 is 0 Å². The van der Waals surface area contributed by atoms with Crippen LogP contribution in [-0.4, -0.2) is 11.0 Å². The molecule has 0 fully saturated rings. The zero-order valence-electron chi connectivity index (χ0n) is 2.27. The predicted octanol–water partition coefficient (Wildman–Crippen LogP) is -3.35. The van der Waals surface area contributed by atoms with Crippen LogP contribution >= 0.6 is 0 Å². The molecule has 0 aromatic carbocycles. The van der Waals surface area contributed by atoms with Gasteiger partial charge in [0.15, 0.2) is 0 Å². The van der Waals surface area contributed by atoms with Gasteiger partial charge in [-0.1, -0.05) is 0 Å². The van der Waals surface area contributed by atoms with Crippen molar-refractivity contribution in [1.82, 2.24) is 0 Å². The average molecular weight is 92.5 g/mol. The molecule has 0 aromatic rings. The van der Waals surface area contributed by atoms with Gasteiger partial charge in [0.1, 0.15) is 0 Å². The Morgan fingerprint density at radius 3 is 0.750 bits per heavy atom. The van der Waals surface area contributed by atoms with Gasteiger partial charge < -0.3 is 11.0 Å². The predicted molar refractivity (Wildman–Crippen MR) is 3.87 cm³/mol. The molecule has 0 heterocycles. The molecule has 2 radical (unpaired) electrons.